The number of carbonyl (C=O) groups excluding carboxylic acids is 1. The van der Waals surface area contributed by atoms with Crippen molar-refractivity contribution in [3.63, 3.8) is 0 Å². The molecule has 1 aliphatic rings. The monoisotopic (exact) mass is 467 g/mol. The third kappa shape index (κ3) is 4.09. The molecule has 11 heteroatoms. The molecule has 3 heterocycles. The molecule has 0 unspecified atom stereocenters. The Labute approximate surface area is 192 Å². The number of pyridine rings is 1. The molecule has 0 aliphatic carbocycles. The molecule has 0 amide bonds. The lowest BCUT2D eigenvalue weighted by molar-refractivity contribution is -0.119. The van der Waals surface area contributed by atoms with Crippen LogP contribution in [0.2, 0.25) is 0 Å². The van der Waals surface area contributed by atoms with E-state index in [9.17, 15) is 13.6 Å². The van der Waals surface area contributed by atoms with E-state index >= 15 is 0 Å². The lowest BCUT2D eigenvalue weighted by Gasteiger charge is -2.40. The van der Waals surface area contributed by atoms with Crippen LogP contribution < -0.4 is 11.1 Å². The van der Waals surface area contributed by atoms with E-state index in [4.69, 9.17) is 11.0 Å². The lowest BCUT2D eigenvalue weighted by Crippen LogP contribution is -2.44. The fourth-order valence-electron chi connectivity index (χ4n) is 3.87. The summed E-state index contributed by atoms with van der Waals surface area (Å²) in [5.74, 6) is -2.04. The van der Waals surface area contributed by atoms with Crippen LogP contribution in [-0.4, -0.2) is 30.6 Å². The number of nitrogens with one attached hydrogen (secondary N) is 1. The second-order valence-electron chi connectivity index (χ2n) is 8.16. The fraction of sp³-hybridized carbons (Fsp3) is 0.273. The number of nitrogens with two attached hydrogens (primary N) is 1. The number of carbonyl (C=O) groups is 1. The van der Waals surface area contributed by atoms with Gasteiger partial charge < -0.3 is 11.1 Å². The number of ketones is 1. The van der Waals surface area contributed by atoms with Crippen LogP contribution in [0, 0.1) is 23.0 Å². The molecule has 168 valence electrons. The summed E-state index contributed by atoms with van der Waals surface area (Å²) in [6.07, 6.45) is 2.78. The van der Waals surface area contributed by atoms with Gasteiger partial charge in [-0.15, -0.1) is 0 Å². The highest BCUT2D eigenvalue weighted by molar-refractivity contribution is 8.15. The lowest BCUT2D eigenvalue weighted by atomic mass is 9.81. The molecule has 0 bridgehead atoms. The molecule has 0 saturated heterocycles. The first-order chi connectivity index (χ1) is 15.5. The first-order valence-electron chi connectivity index (χ1n) is 9.87. The smallest absolute Gasteiger partial charge is 0.164 e. The number of nitriles is 1. The number of thioether (sulfide) groups is 1. The van der Waals surface area contributed by atoms with E-state index in [-0.39, 0.29) is 34.4 Å². The molecule has 33 heavy (non-hydrogen) atoms. The topological polar surface area (TPSA) is 130 Å². The van der Waals surface area contributed by atoms with Crippen molar-refractivity contribution >= 4 is 45.3 Å². The molecule has 8 nitrogen and oxygen atoms in total. The van der Waals surface area contributed by atoms with Gasteiger partial charge >= 0.3 is 0 Å². The Bertz CT molecular complexity index is 1370. The molecular weight excluding hydrogens is 448 g/mol. The van der Waals surface area contributed by atoms with Crippen molar-refractivity contribution in [3.05, 3.63) is 53.5 Å². The minimum Gasteiger partial charge on any atom is -0.378 e. The van der Waals surface area contributed by atoms with Crippen molar-refractivity contribution in [3.8, 4) is 6.07 Å². The molecule has 0 spiro atoms. The number of rotatable bonds is 4. The zero-order valence-corrected chi connectivity index (χ0v) is 18.8. The van der Waals surface area contributed by atoms with Crippen molar-refractivity contribution in [1.29, 1.82) is 5.26 Å². The number of aromatic nitrogens is 3. The average molecular weight is 468 g/mol. The first kappa shape index (κ1) is 22.5. The molecule has 0 radical (unpaired) electrons. The van der Waals surface area contributed by atoms with Crippen LogP contribution in [-0.2, 0) is 10.3 Å². The zero-order valence-electron chi connectivity index (χ0n) is 18.0. The second kappa shape index (κ2) is 8.04. The summed E-state index contributed by atoms with van der Waals surface area (Å²) >= 11 is 1.11. The van der Waals surface area contributed by atoms with Crippen LogP contribution in [0.5, 0.6) is 0 Å². The molecule has 0 fully saturated rings. The first-order valence-corrected chi connectivity index (χ1v) is 10.7. The van der Waals surface area contributed by atoms with E-state index in [1.165, 1.54) is 25.5 Å². The molecule has 1 aliphatic heterocycles. The molecule has 3 aromatic rings. The number of halogens is 2. The largest absolute Gasteiger partial charge is 0.378 e. The zero-order chi connectivity index (χ0) is 24.0. The van der Waals surface area contributed by atoms with Gasteiger partial charge in [0.1, 0.15) is 23.7 Å². The number of fused-ring (bicyclic) bond motifs is 1. The average Bonchev–Trinajstić information content (AvgIpc) is 2.74. The number of nitrogens with zero attached hydrogens (tertiary/aromatic N) is 5. The van der Waals surface area contributed by atoms with E-state index in [0.717, 1.165) is 17.8 Å². The highest BCUT2D eigenvalue weighted by Gasteiger charge is 2.46. The van der Waals surface area contributed by atoms with Crippen molar-refractivity contribution in [2.24, 2.45) is 10.7 Å². The number of hydrogen-bond donors (Lipinski definition) is 2. The van der Waals surface area contributed by atoms with Gasteiger partial charge in [-0.25, -0.2) is 23.7 Å². The molecular formula is C22H19F2N7OS. The summed E-state index contributed by atoms with van der Waals surface area (Å²) < 4.78 is 28.7. The standard InChI is InChI=1S/C22H19F2N7OS/c1-11(32)22(3)9-21(2,31-20(26)33-22)14-5-13(6-15(23)17(14)24)30-19-18-16(28-10-29-19)4-12(7-25)8-27-18/h4-6,8,10H,9H2,1-3H3,(H2,26,31)(H,28,29,30)/t21-,22+/m0/s1. The van der Waals surface area contributed by atoms with Gasteiger partial charge in [0.2, 0.25) is 0 Å². The van der Waals surface area contributed by atoms with Crippen LogP contribution in [0.15, 0.2) is 35.7 Å². The molecule has 4 rings (SSSR count). The van der Waals surface area contributed by atoms with Gasteiger partial charge in [-0.2, -0.15) is 5.26 Å². The second-order valence-corrected chi connectivity index (χ2v) is 9.68. The Balaban J connectivity index is 1.79. The Morgan fingerprint density at radius 3 is 2.70 bits per heavy atom. The summed E-state index contributed by atoms with van der Waals surface area (Å²) in [6, 6.07) is 5.95. The van der Waals surface area contributed by atoms with Crippen LogP contribution in [0.25, 0.3) is 11.0 Å². The molecule has 3 N–H and O–H groups in total. The van der Waals surface area contributed by atoms with Crippen LogP contribution >= 0.6 is 11.8 Å². The van der Waals surface area contributed by atoms with Crippen molar-refractivity contribution in [2.75, 3.05) is 5.32 Å². The maximum absolute atomic E-state index is 15.0. The van der Waals surface area contributed by atoms with Gasteiger partial charge in [0.25, 0.3) is 0 Å². The summed E-state index contributed by atoms with van der Waals surface area (Å²) in [7, 11) is 0. The van der Waals surface area contributed by atoms with E-state index in [0.29, 0.717) is 16.6 Å². The Kier molecular flexibility index (Phi) is 5.49. The molecule has 0 saturated carbocycles. The van der Waals surface area contributed by atoms with Crippen molar-refractivity contribution in [1.82, 2.24) is 15.0 Å². The number of aliphatic imine (C=N–C) groups is 1. The highest BCUT2D eigenvalue weighted by Crippen LogP contribution is 2.47. The van der Waals surface area contributed by atoms with E-state index in [2.05, 4.69) is 25.3 Å². The molecule has 2 aromatic heterocycles. The third-order valence-corrected chi connectivity index (χ3v) is 6.77. The predicted molar refractivity (Wildman–Crippen MR) is 122 cm³/mol. The Hall–Kier alpha value is -3.65. The summed E-state index contributed by atoms with van der Waals surface area (Å²) in [5.41, 5.74) is 5.97. The normalized spacial score (nSPS) is 22.5. The van der Waals surface area contributed by atoms with Gasteiger partial charge in [-0.1, -0.05) is 11.8 Å². The third-order valence-electron chi connectivity index (χ3n) is 5.59. The molecule has 2 atom stereocenters. The van der Waals surface area contributed by atoms with E-state index < -0.39 is 21.9 Å². The number of anilines is 2. The minimum atomic E-state index is -1.27. The number of Topliss-reactive ketones (excluding diaryl/α,β-unsaturated/α-hetero) is 1. The fourth-order valence-corrected chi connectivity index (χ4v) is 5.07. The summed E-state index contributed by atoms with van der Waals surface area (Å²) in [4.78, 5) is 29.1. The van der Waals surface area contributed by atoms with Gasteiger partial charge in [0.15, 0.2) is 22.6 Å². The highest BCUT2D eigenvalue weighted by atomic mass is 32.2. The maximum Gasteiger partial charge on any atom is 0.164 e. The summed E-state index contributed by atoms with van der Waals surface area (Å²) in [5, 5.41) is 12.1. The number of amidine groups is 1. The Morgan fingerprint density at radius 2 is 2.00 bits per heavy atom. The number of hydrogen-bond acceptors (Lipinski definition) is 9. The molecule has 1 aromatic carbocycles. The van der Waals surface area contributed by atoms with Crippen LogP contribution in [0.3, 0.4) is 0 Å². The SMILES string of the molecule is CC(=O)[C@@]1(C)C[C@@](C)(c2cc(Nc3ncnc4cc(C#N)cnc34)cc(F)c2F)N=C(N)S1. The van der Waals surface area contributed by atoms with Crippen molar-refractivity contribution < 1.29 is 13.6 Å². The van der Waals surface area contributed by atoms with E-state index in [1.54, 1.807) is 19.9 Å². The van der Waals surface area contributed by atoms with Crippen LogP contribution in [0.1, 0.15) is 38.3 Å². The van der Waals surface area contributed by atoms with Crippen molar-refractivity contribution in [2.45, 2.75) is 37.5 Å². The van der Waals surface area contributed by atoms with E-state index in [1.807, 2.05) is 6.07 Å². The maximum atomic E-state index is 15.0. The van der Waals surface area contributed by atoms with Gasteiger partial charge in [-0.05, 0) is 39.3 Å². The summed E-state index contributed by atoms with van der Waals surface area (Å²) in [6.45, 7) is 4.77. The Morgan fingerprint density at radius 1 is 1.24 bits per heavy atom. The number of benzene rings is 1. The van der Waals surface area contributed by atoms with Gasteiger partial charge in [0.05, 0.1) is 21.4 Å². The van der Waals surface area contributed by atoms with Gasteiger partial charge in [-0.3, -0.25) is 9.79 Å². The van der Waals surface area contributed by atoms with Crippen LogP contribution in [0.4, 0.5) is 20.3 Å². The minimum absolute atomic E-state index is 0.0428. The quantitative estimate of drug-likeness (QED) is 0.590. The van der Waals surface area contributed by atoms with Gasteiger partial charge in [0, 0.05) is 23.5 Å². The predicted octanol–water partition coefficient (Wildman–Crippen LogP) is 3.93.